The first-order valence-corrected chi connectivity index (χ1v) is 7.40. The van der Waals surface area contributed by atoms with E-state index in [-0.39, 0.29) is 5.38 Å². The maximum atomic E-state index is 6.58. The molecule has 2 nitrogen and oxygen atoms in total. The summed E-state index contributed by atoms with van der Waals surface area (Å²) in [5.74, 6) is 1.47. The Morgan fingerprint density at radius 1 is 0.905 bits per heavy atom. The summed E-state index contributed by atoms with van der Waals surface area (Å²) in [6.07, 6.45) is 0.755. The number of methoxy groups -OCH3 is 2. The van der Waals surface area contributed by atoms with Crippen molar-refractivity contribution in [3.63, 3.8) is 0 Å². The predicted octanol–water partition coefficient (Wildman–Crippen LogP) is 4.84. The Morgan fingerprint density at radius 2 is 1.52 bits per heavy atom. The Kier molecular flexibility index (Phi) is 5.13. The SMILES string of the molecule is COc1ccc(CC(Cl)c2cc(C)cc(C)c2)cc1OC. The quantitative estimate of drug-likeness (QED) is 0.736. The van der Waals surface area contributed by atoms with Crippen LogP contribution in [-0.4, -0.2) is 14.2 Å². The summed E-state index contributed by atoms with van der Waals surface area (Å²) in [7, 11) is 3.28. The molecule has 1 unspecified atom stereocenters. The van der Waals surface area contributed by atoms with Gasteiger partial charge in [0.25, 0.3) is 0 Å². The first kappa shape index (κ1) is 15.7. The van der Waals surface area contributed by atoms with E-state index in [9.17, 15) is 0 Å². The highest BCUT2D eigenvalue weighted by atomic mass is 35.5. The number of alkyl halides is 1. The van der Waals surface area contributed by atoms with Gasteiger partial charge in [-0.2, -0.15) is 0 Å². The molecule has 0 saturated heterocycles. The maximum Gasteiger partial charge on any atom is 0.160 e. The molecule has 0 amide bonds. The van der Waals surface area contributed by atoms with E-state index >= 15 is 0 Å². The third-order valence-corrected chi connectivity index (χ3v) is 3.87. The van der Waals surface area contributed by atoms with Gasteiger partial charge in [0.05, 0.1) is 19.6 Å². The Balaban J connectivity index is 2.20. The molecule has 0 aliphatic rings. The van der Waals surface area contributed by atoms with Crippen LogP contribution in [0.15, 0.2) is 36.4 Å². The molecular weight excluding hydrogens is 284 g/mol. The van der Waals surface area contributed by atoms with Gasteiger partial charge in [-0.05, 0) is 43.5 Å². The molecule has 0 fully saturated rings. The molecule has 0 aromatic heterocycles. The Hall–Kier alpha value is -1.67. The monoisotopic (exact) mass is 304 g/mol. The van der Waals surface area contributed by atoms with Crippen molar-refractivity contribution in [1.82, 2.24) is 0 Å². The van der Waals surface area contributed by atoms with Crippen molar-refractivity contribution in [3.8, 4) is 11.5 Å². The van der Waals surface area contributed by atoms with Crippen molar-refractivity contribution >= 4 is 11.6 Å². The summed E-state index contributed by atoms with van der Waals surface area (Å²) in [4.78, 5) is 0. The normalized spacial score (nSPS) is 12.0. The van der Waals surface area contributed by atoms with Crippen LogP contribution in [0, 0.1) is 13.8 Å². The minimum absolute atomic E-state index is 0.0540. The summed E-state index contributed by atoms with van der Waals surface area (Å²) in [5, 5.41) is -0.0540. The fourth-order valence-corrected chi connectivity index (χ4v) is 2.83. The molecule has 2 rings (SSSR count). The molecule has 1 atom stereocenters. The van der Waals surface area contributed by atoms with E-state index in [4.69, 9.17) is 21.1 Å². The average molecular weight is 305 g/mol. The van der Waals surface area contributed by atoms with E-state index in [0.29, 0.717) is 0 Å². The second-order valence-electron chi connectivity index (χ2n) is 5.28. The number of benzene rings is 2. The van der Waals surface area contributed by atoms with E-state index in [0.717, 1.165) is 29.0 Å². The number of ether oxygens (including phenoxy) is 2. The molecule has 0 aliphatic heterocycles. The molecule has 21 heavy (non-hydrogen) atoms. The van der Waals surface area contributed by atoms with Crippen LogP contribution in [0.5, 0.6) is 11.5 Å². The van der Waals surface area contributed by atoms with Gasteiger partial charge >= 0.3 is 0 Å². The summed E-state index contributed by atoms with van der Waals surface area (Å²) >= 11 is 6.58. The minimum Gasteiger partial charge on any atom is -0.493 e. The van der Waals surface area contributed by atoms with Gasteiger partial charge in [0.15, 0.2) is 11.5 Å². The fraction of sp³-hybridized carbons (Fsp3) is 0.333. The third kappa shape index (κ3) is 3.92. The van der Waals surface area contributed by atoms with Crippen molar-refractivity contribution in [2.75, 3.05) is 14.2 Å². The van der Waals surface area contributed by atoms with Crippen molar-refractivity contribution in [2.24, 2.45) is 0 Å². The lowest BCUT2D eigenvalue weighted by atomic mass is 10.00. The summed E-state index contributed by atoms with van der Waals surface area (Å²) in [6, 6.07) is 12.4. The van der Waals surface area contributed by atoms with Crippen LogP contribution in [0.4, 0.5) is 0 Å². The number of rotatable bonds is 5. The fourth-order valence-electron chi connectivity index (χ4n) is 2.52. The van der Waals surface area contributed by atoms with Crippen LogP contribution in [0.2, 0.25) is 0 Å². The van der Waals surface area contributed by atoms with Crippen molar-refractivity contribution in [3.05, 3.63) is 58.7 Å². The summed E-state index contributed by atoms with van der Waals surface area (Å²) < 4.78 is 10.6. The van der Waals surface area contributed by atoms with Gasteiger partial charge in [0.2, 0.25) is 0 Å². The first-order chi connectivity index (χ1) is 10.0. The van der Waals surface area contributed by atoms with Crippen LogP contribution < -0.4 is 9.47 Å². The Labute approximate surface area is 131 Å². The highest BCUT2D eigenvalue weighted by Gasteiger charge is 2.12. The van der Waals surface area contributed by atoms with E-state index in [1.165, 1.54) is 11.1 Å². The number of halogens is 1. The van der Waals surface area contributed by atoms with E-state index in [1.807, 2.05) is 18.2 Å². The molecule has 2 aromatic rings. The second-order valence-corrected chi connectivity index (χ2v) is 5.81. The molecule has 112 valence electrons. The van der Waals surface area contributed by atoms with Crippen LogP contribution in [-0.2, 0) is 6.42 Å². The summed E-state index contributed by atoms with van der Waals surface area (Å²) in [6.45, 7) is 4.19. The lowest BCUT2D eigenvalue weighted by Gasteiger charge is -2.14. The highest BCUT2D eigenvalue weighted by molar-refractivity contribution is 6.20. The van der Waals surface area contributed by atoms with E-state index < -0.39 is 0 Å². The zero-order valence-electron chi connectivity index (χ0n) is 12.9. The second kappa shape index (κ2) is 6.86. The molecule has 0 bridgehead atoms. The third-order valence-electron chi connectivity index (χ3n) is 3.47. The Bertz CT molecular complexity index is 602. The zero-order chi connectivity index (χ0) is 15.4. The van der Waals surface area contributed by atoms with Gasteiger partial charge in [0, 0.05) is 0 Å². The van der Waals surface area contributed by atoms with Gasteiger partial charge in [-0.3, -0.25) is 0 Å². The van der Waals surface area contributed by atoms with Gasteiger partial charge < -0.3 is 9.47 Å². The Morgan fingerprint density at radius 3 is 2.10 bits per heavy atom. The van der Waals surface area contributed by atoms with Crippen LogP contribution in [0.1, 0.15) is 27.6 Å². The lowest BCUT2D eigenvalue weighted by Crippen LogP contribution is -1.99. The van der Waals surface area contributed by atoms with E-state index in [2.05, 4.69) is 32.0 Å². The minimum atomic E-state index is -0.0540. The zero-order valence-corrected chi connectivity index (χ0v) is 13.7. The molecule has 0 N–H and O–H groups in total. The van der Waals surface area contributed by atoms with Crippen LogP contribution >= 0.6 is 11.6 Å². The van der Waals surface area contributed by atoms with Crippen LogP contribution in [0.3, 0.4) is 0 Å². The first-order valence-electron chi connectivity index (χ1n) is 6.96. The maximum absolute atomic E-state index is 6.58. The molecule has 2 aromatic carbocycles. The summed E-state index contributed by atoms with van der Waals surface area (Å²) in [5.41, 5.74) is 4.77. The van der Waals surface area contributed by atoms with Gasteiger partial charge in [-0.1, -0.05) is 35.4 Å². The average Bonchev–Trinajstić information content (AvgIpc) is 2.46. The molecule has 0 heterocycles. The number of hydrogen-bond acceptors (Lipinski definition) is 2. The molecule has 0 aliphatic carbocycles. The smallest absolute Gasteiger partial charge is 0.160 e. The number of aryl methyl sites for hydroxylation is 2. The molecular formula is C18H21ClO2. The van der Waals surface area contributed by atoms with Gasteiger partial charge in [-0.15, -0.1) is 11.6 Å². The largest absolute Gasteiger partial charge is 0.493 e. The molecule has 0 spiro atoms. The predicted molar refractivity (Wildman–Crippen MR) is 87.8 cm³/mol. The molecule has 0 radical (unpaired) electrons. The van der Waals surface area contributed by atoms with Gasteiger partial charge in [0.1, 0.15) is 0 Å². The lowest BCUT2D eigenvalue weighted by molar-refractivity contribution is 0.354. The number of hydrogen-bond donors (Lipinski definition) is 0. The van der Waals surface area contributed by atoms with Crippen molar-refractivity contribution < 1.29 is 9.47 Å². The topological polar surface area (TPSA) is 18.5 Å². The van der Waals surface area contributed by atoms with Crippen molar-refractivity contribution in [1.29, 1.82) is 0 Å². The van der Waals surface area contributed by atoms with Crippen molar-refractivity contribution in [2.45, 2.75) is 25.6 Å². The standard InChI is InChI=1S/C18H21ClO2/c1-12-7-13(2)9-15(8-12)16(19)10-14-5-6-17(20-3)18(11-14)21-4/h5-9,11,16H,10H2,1-4H3. The molecule has 0 saturated carbocycles. The highest BCUT2D eigenvalue weighted by Crippen LogP contribution is 2.32. The van der Waals surface area contributed by atoms with E-state index in [1.54, 1.807) is 14.2 Å². The van der Waals surface area contributed by atoms with Crippen LogP contribution in [0.25, 0.3) is 0 Å². The van der Waals surface area contributed by atoms with Gasteiger partial charge in [-0.25, -0.2) is 0 Å². The molecule has 3 heteroatoms.